The lowest BCUT2D eigenvalue weighted by atomic mass is 10.0. The van der Waals surface area contributed by atoms with Gasteiger partial charge in [-0.05, 0) is 6.07 Å². The van der Waals surface area contributed by atoms with E-state index in [1.165, 1.54) is 7.11 Å². The van der Waals surface area contributed by atoms with E-state index in [-0.39, 0.29) is 18.6 Å². The van der Waals surface area contributed by atoms with Crippen LogP contribution < -0.4 is 0 Å². The zero-order valence-corrected chi connectivity index (χ0v) is 9.86. The van der Waals surface area contributed by atoms with Gasteiger partial charge in [0.2, 0.25) is 0 Å². The zero-order chi connectivity index (χ0) is 14.6. The number of hydrogen-bond donors (Lipinski definition) is 0. The van der Waals surface area contributed by atoms with Crippen molar-refractivity contribution in [1.82, 2.24) is 0 Å². The van der Waals surface area contributed by atoms with Crippen molar-refractivity contribution >= 4 is 11.5 Å². The fourth-order valence-electron chi connectivity index (χ4n) is 1.48. The molecular formula is C11H10F3NO4. The lowest BCUT2D eigenvalue weighted by Gasteiger charge is -2.08. The molecule has 0 N–H and O–H groups in total. The first-order valence-corrected chi connectivity index (χ1v) is 5.11. The Morgan fingerprint density at radius 1 is 1.42 bits per heavy atom. The standard InChI is InChI=1S/C11H10F3NO4/c1-19-6-9(16)4-7-2-3-8(11(12,13)14)5-10(7)15(17)18/h2-3,5H,4,6H2,1H3. The van der Waals surface area contributed by atoms with Crippen LogP contribution in [0, 0.1) is 10.1 Å². The minimum absolute atomic E-state index is 0.0694. The first-order chi connectivity index (χ1) is 8.75. The lowest BCUT2D eigenvalue weighted by Crippen LogP contribution is -2.12. The molecule has 1 rings (SSSR count). The number of ether oxygens (including phenoxy) is 1. The average molecular weight is 277 g/mol. The molecule has 0 atom stereocenters. The van der Waals surface area contributed by atoms with Gasteiger partial charge >= 0.3 is 6.18 Å². The second-order valence-corrected chi connectivity index (χ2v) is 3.75. The van der Waals surface area contributed by atoms with Gasteiger partial charge in [-0.3, -0.25) is 14.9 Å². The predicted molar refractivity (Wildman–Crippen MR) is 58.7 cm³/mol. The fourth-order valence-corrected chi connectivity index (χ4v) is 1.48. The van der Waals surface area contributed by atoms with Crippen molar-refractivity contribution < 1.29 is 27.6 Å². The Hall–Kier alpha value is -1.96. The van der Waals surface area contributed by atoms with Crippen molar-refractivity contribution in [2.45, 2.75) is 12.6 Å². The summed E-state index contributed by atoms with van der Waals surface area (Å²) in [6.45, 7) is -0.252. The minimum atomic E-state index is -4.67. The second-order valence-electron chi connectivity index (χ2n) is 3.75. The van der Waals surface area contributed by atoms with Crippen LogP contribution in [0.1, 0.15) is 11.1 Å². The van der Waals surface area contributed by atoms with E-state index >= 15 is 0 Å². The smallest absolute Gasteiger partial charge is 0.377 e. The number of benzene rings is 1. The van der Waals surface area contributed by atoms with Gasteiger partial charge in [0.25, 0.3) is 5.69 Å². The van der Waals surface area contributed by atoms with E-state index in [9.17, 15) is 28.1 Å². The number of hydrogen-bond acceptors (Lipinski definition) is 4. The summed E-state index contributed by atoms with van der Waals surface area (Å²) < 4.78 is 41.9. The van der Waals surface area contributed by atoms with Crippen LogP contribution in [-0.4, -0.2) is 24.4 Å². The fraction of sp³-hybridized carbons (Fsp3) is 0.364. The molecule has 0 aliphatic heterocycles. The number of halogens is 3. The molecule has 8 heteroatoms. The van der Waals surface area contributed by atoms with E-state index in [0.717, 1.165) is 6.07 Å². The van der Waals surface area contributed by atoms with Crippen LogP contribution >= 0.6 is 0 Å². The van der Waals surface area contributed by atoms with Crippen molar-refractivity contribution in [2.75, 3.05) is 13.7 Å². The largest absolute Gasteiger partial charge is 0.416 e. The first kappa shape index (κ1) is 15.1. The molecule has 0 bridgehead atoms. The van der Waals surface area contributed by atoms with Crippen LogP contribution in [0.15, 0.2) is 18.2 Å². The van der Waals surface area contributed by atoms with E-state index in [1.807, 2.05) is 0 Å². The molecule has 5 nitrogen and oxygen atoms in total. The number of alkyl halides is 3. The summed E-state index contributed by atoms with van der Waals surface area (Å²) >= 11 is 0. The van der Waals surface area contributed by atoms with Gasteiger partial charge in [0.1, 0.15) is 6.61 Å². The summed E-state index contributed by atoms with van der Waals surface area (Å²) in [5, 5.41) is 10.7. The number of carbonyl (C=O) groups is 1. The maximum atomic E-state index is 12.4. The molecule has 0 heterocycles. The molecule has 0 fully saturated rings. The van der Waals surface area contributed by atoms with Crippen LogP contribution in [0.2, 0.25) is 0 Å². The topological polar surface area (TPSA) is 69.4 Å². The quantitative estimate of drug-likeness (QED) is 0.612. The van der Waals surface area contributed by atoms with Crippen molar-refractivity contribution in [3.63, 3.8) is 0 Å². The lowest BCUT2D eigenvalue weighted by molar-refractivity contribution is -0.385. The monoisotopic (exact) mass is 277 g/mol. The molecule has 0 radical (unpaired) electrons. The number of nitrogens with zero attached hydrogens (tertiary/aromatic N) is 1. The number of nitro groups is 1. The molecule has 104 valence electrons. The van der Waals surface area contributed by atoms with E-state index in [1.54, 1.807) is 0 Å². The van der Waals surface area contributed by atoms with Gasteiger partial charge in [-0.25, -0.2) is 0 Å². The Kier molecular flexibility index (Phi) is 4.60. The maximum absolute atomic E-state index is 12.4. The highest BCUT2D eigenvalue weighted by atomic mass is 19.4. The van der Waals surface area contributed by atoms with Gasteiger partial charge in [0.05, 0.1) is 10.5 Å². The molecule has 1 aromatic rings. The molecule has 19 heavy (non-hydrogen) atoms. The van der Waals surface area contributed by atoms with Crippen LogP contribution in [0.5, 0.6) is 0 Å². The van der Waals surface area contributed by atoms with E-state index in [0.29, 0.717) is 12.1 Å². The van der Waals surface area contributed by atoms with E-state index in [2.05, 4.69) is 4.74 Å². The van der Waals surface area contributed by atoms with Gasteiger partial charge in [-0.1, -0.05) is 6.07 Å². The van der Waals surface area contributed by atoms with E-state index in [4.69, 9.17) is 0 Å². The normalized spacial score (nSPS) is 11.4. The van der Waals surface area contributed by atoms with Crippen molar-refractivity contribution in [3.05, 3.63) is 39.4 Å². The molecule has 0 aliphatic carbocycles. The molecule has 0 aliphatic rings. The third kappa shape index (κ3) is 4.02. The molecule has 1 aromatic carbocycles. The Labute approximate surface area is 106 Å². The van der Waals surface area contributed by atoms with Gasteiger partial charge < -0.3 is 4.74 Å². The summed E-state index contributed by atoms with van der Waals surface area (Å²) in [6.07, 6.45) is -5.01. The SMILES string of the molecule is COCC(=O)Cc1ccc(C(F)(F)F)cc1[N+](=O)[O-]. The first-order valence-electron chi connectivity index (χ1n) is 5.11. The Bertz CT molecular complexity index is 499. The van der Waals surface area contributed by atoms with Crippen LogP contribution in [-0.2, 0) is 22.1 Å². The maximum Gasteiger partial charge on any atom is 0.416 e. The third-order valence-electron chi connectivity index (χ3n) is 2.30. The minimum Gasteiger partial charge on any atom is -0.377 e. The summed E-state index contributed by atoms with van der Waals surface area (Å²) in [5.74, 6) is -0.453. The number of Topliss-reactive ketones (excluding diaryl/α,β-unsaturated/α-hetero) is 1. The highest BCUT2D eigenvalue weighted by molar-refractivity contribution is 5.83. The molecular weight excluding hydrogens is 267 g/mol. The summed E-state index contributed by atoms with van der Waals surface area (Å²) in [4.78, 5) is 21.1. The summed E-state index contributed by atoms with van der Waals surface area (Å²) in [7, 11) is 1.28. The zero-order valence-electron chi connectivity index (χ0n) is 9.86. The van der Waals surface area contributed by atoms with Gasteiger partial charge in [-0.2, -0.15) is 13.2 Å². The number of carbonyl (C=O) groups excluding carboxylic acids is 1. The van der Waals surface area contributed by atoms with Gasteiger partial charge in [0, 0.05) is 25.2 Å². The number of ketones is 1. The molecule has 0 amide bonds. The Morgan fingerprint density at radius 3 is 2.53 bits per heavy atom. The molecule has 0 saturated heterocycles. The van der Waals surface area contributed by atoms with Crippen molar-refractivity contribution in [2.24, 2.45) is 0 Å². The number of rotatable bonds is 5. The third-order valence-corrected chi connectivity index (χ3v) is 2.30. The van der Waals surface area contributed by atoms with Crippen molar-refractivity contribution in [1.29, 1.82) is 0 Å². The number of methoxy groups -OCH3 is 1. The van der Waals surface area contributed by atoms with E-state index < -0.39 is 28.1 Å². The van der Waals surface area contributed by atoms with Gasteiger partial charge in [0.15, 0.2) is 5.78 Å². The molecule has 0 unspecified atom stereocenters. The predicted octanol–water partition coefficient (Wildman–Crippen LogP) is 2.37. The van der Waals surface area contributed by atoms with Crippen LogP contribution in [0.25, 0.3) is 0 Å². The highest BCUT2D eigenvalue weighted by Gasteiger charge is 2.33. The highest BCUT2D eigenvalue weighted by Crippen LogP contribution is 2.33. The Balaban J connectivity index is 3.12. The molecule has 0 saturated carbocycles. The van der Waals surface area contributed by atoms with Crippen LogP contribution in [0.3, 0.4) is 0 Å². The second kappa shape index (κ2) is 5.79. The van der Waals surface area contributed by atoms with Crippen molar-refractivity contribution in [3.8, 4) is 0 Å². The number of nitro benzene ring substituents is 1. The molecule has 0 aromatic heterocycles. The van der Waals surface area contributed by atoms with Gasteiger partial charge in [-0.15, -0.1) is 0 Å². The van der Waals surface area contributed by atoms with Crippen LogP contribution in [0.4, 0.5) is 18.9 Å². The summed E-state index contributed by atoms with van der Waals surface area (Å²) in [5.41, 5.74) is -1.92. The summed E-state index contributed by atoms with van der Waals surface area (Å²) in [6, 6.07) is 2.08. The average Bonchev–Trinajstić information content (AvgIpc) is 2.27. The molecule has 0 spiro atoms. The Morgan fingerprint density at radius 2 is 2.05 bits per heavy atom.